The fourth-order valence-electron chi connectivity index (χ4n) is 3.34. The van der Waals surface area contributed by atoms with Crippen LogP contribution in [0.25, 0.3) is 0 Å². The van der Waals surface area contributed by atoms with Gasteiger partial charge in [-0.05, 0) is 38.0 Å². The van der Waals surface area contributed by atoms with Crippen LogP contribution in [0.5, 0.6) is 0 Å². The zero-order valence-electron chi connectivity index (χ0n) is 13.9. The third-order valence-corrected chi connectivity index (χ3v) is 4.81. The Kier molecular flexibility index (Phi) is 5.91. The van der Waals surface area contributed by atoms with E-state index in [1.807, 2.05) is 6.92 Å². The van der Waals surface area contributed by atoms with Gasteiger partial charge >= 0.3 is 6.09 Å². The lowest BCUT2D eigenvalue weighted by Gasteiger charge is -2.32. The first-order chi connectivity index (χ1) is 10.5. The number of rotatable bonds is 4. The number of nitrogens with zero attached hydrogens (tertiary/aromatic N) is 2. The van der Waals surface area contributed by atoms with Gasteiger partial charge in [0, 0.05) is 25.7 Å². The van der Waals surface area contributed by atoms with Crippen LogP contribution in [-0.2, 0) is 4.74 Å². The third kappa shape index (κ3) is 4.78. The Morgan fingerprint density at radius 2 is 2.00 bits per heavy atom. The normalized spacial score (nSPS) is 22.6. The second kappa shape index (κ2) is 7.70. The Labute approximate surface area is 133 Å². The number of amides is 1. The lowest BCUT2D eigenvalue weighted by Crippen LogP contribution is -2.48. The smallest absolute Gasteiger partial charge is 0.409 e. The number of nitrogens with one attached hydrogen (secondary N) is 1. The van der Waals surface area contributed by atoms with Crippen LogP contribution in [0.4, 0.5) is 4.79 Å². The Balaban J connectivity index is 1.72. The first kappa shape index (κ1) is 16.9. The van der Waals surface area contributed by atoms with Crippen molar-refractivity contribution in [2.45, 2.75) is 58.4 Å². The van der Waals surface area contributed by atoms with E-state index in [2.05, 4.69) is 17.2 Å². The zero-order chi connectivity index (χ0) is 16.0. The van der Waals surface area contributed by atoms with Crippen LogP contribution in [0, 0.1) is 5.41 Å². The van der Waals surface area contributed by atoms with E-state index >= 15 is 0 Å². The molecule has 2 aliphatic rings. The molecule has 1 amide bonds. The Morgan fingerprint density at radius 1 is 1.36 bits per heavy atom. The molecule has 0 unspecified atom stereocenters. The molecule has 2 fully saturated rings. The van der Waals surface area contributed by atoms with Crippen molar-refractivity contribution in [3.8, 4) is 0 Å². The molecule has 126 valence electrons. The number of carbonyl (C=O) groups excluding carboxylic acids is 1. The summed E-state index contributed by atoms with van der Waals surface area (Å²) in [5, 5.41) is 3.30. The lowest BCUT2D eigenvalue weighted by atomic mass is 9.89. The fourth-order valence-corrected chi connectivity index (χ4v) is 3.34. The molecule has 6 nitrogen and oxygen atoms in total. The predicted octanol–water partition coefficient (Wildman–Crippen LogP) is 2.09. The molecule has 22 heavy (non-hydrogen) atoms. The van der Waals surface area contributed by atoms with Gasteiger partial charge in [0.05, 0.1) is 6.61 Å². The molecule has 1 saturated carbocycles. The van der Waals surface area contributed by atoms with Gasteiger partial charge < -0.3 is 20.7 Å². The number of piperidine rings is 1. The standard InChI is InChI=1S/C16H30N4O2/c1-3-22-15(21)20-10-6-13(7-11-20)19-14(17)18-12-16(2)8-4-5-9-16/h13H,3-12H2,1-2H3,(H3,17,18,19). The number of ether oxygens (including phenoxy) is 1. The molecule has 1 heterocycles. The van der Waals surface area contributed by atoms with Crippen LogP contribution in [0.15, 0.2) is 4.99 Å². The number of guanidine groups is 1. The van der Waals surface area contributed by atoms with E-state index in [-0.39, 0.29) is 6.09 Å². The zero-order valence-corrected chi connectivity index (χ0v) is 13.9. The van der Waals surface area contributed by atoms with Crippen LogP contribution in [0.1, 0.15) is 52.4 Å². The van der Waals surface area contributed by atoms with E-state index in [9.17, 15) is 4.79 Å². The maximum absolute atomic E-state index is 11.6. The number of nitrogens with two attached hydrogens (primary N) is 1. The van der Waals surface area contributed by atoms with Crippen molar-refractivity contribution in [1.29, 1.82) is 0 Å². The molecule has 0 atom stereocenters. The van der Waals surface area contributed by atoms with Crippen molar-refractivity contribution in [2.75, 3.05) is 26.2 Å². The van der Waals surface area contributed by atoms with Crippen molar-refractivity contribution >= 4 is 12.1 Å². The third-order valence-electron chi connectivity index (χ3n) is 4.81. The summed E-state index contributed by atoms with van der Waals surface area (Å²) < 4.78 is 5.02. The number of hydrogen-bond donors (Lipinski definition) is 2. The highest BCUT2D eigenvalue weighted by molar-refractivity contribution is 5.78. The van der Waals surface area contributed by atoms with Gasteiger partial charge in [-0.3, -0.25) is 4.99 Å². The molecule has 0 spiro atoms. The van der Waals surface area contributed by atoms with Crippen LogP contribution in [0.2, 0.25) is 0 Å². The van der Waals surface area contributed by atoms with Crippen molar-refractivity contribution in [2.24, 2.45) is 16.1 Å². The molecule has 1 saturated heterocycles. The van der Waals surface area contributed by atoms with Gasteiger partial charge in [0.2, 0.25) is 0 Å². The highest BCUT2D eigenvalue weighted by Crippen LogP contribution is 2.37. The molecule has 1 aliphatic carbocycles. The average molecular weight is 310 g/mol. The van der Waals surface area contributed by atoms with Crippen LogP contribution in [-0.4, -0.2) is 49.2 Å². The summed E-state index contributed by atoms with van der Waals surface area (Å²) in [6.07, 6.45) is 6.68. The minimum atomic E-state index is -0.211. The van der Waals surface area contributed by atoms with Crippen LogP contribution >= 0.6 is 0 Å². The first-order valence-electron chi connectivity index (χ1n) is 8.50. The van der Waals surface area contributed by atoms with Crippen molar-refractivity contribution < 1.29 is 9.53 Å². The highest BCUT2D eigenvalue weighted by Gasteiger charge is 2.28. The van der Waals surface area contributed by atoms with Gasteiger partial charge in [-0.1, -0.05) is 19.8 Å². The van der Waals surface area contributed by atoms with Crippen LogP contribution in [0.3, 0.4) is 0 Å². The molecule has 2 rings (SSSR count). The Morgan fingerprint density at radius 3 is 2.59 bits per heavy atom. The molecule has 3 N–H and O–H groups in total. The highest BCUT2D eigenvalue weighted by atomic mass is 16.6. The first-order valence-corrected chi connectivity index (χ1v) is 8.50. The van der Waals surface area contributed by atoms with Gasteiger partial charge in [-0.2, -0.15) is 0 Å². The summed E-state index contributed by atoms with van der Waals surface area (Å²) in [5.41, 5.74) is 6.35. The number of aliphatic imine (C=N–C) groups is 1. The molecule has 0 aromatic heterocycles. The SMILES string of the molecule is CCOC(=O)N1CCC(NC(N)=NCC2(C)CCCC2)CC1. The number of carbonyl (C=O) groups is 1. The molecule has 0 radical (unpaired) electrons. The van der Waals surface area contributed by atoms with E-state index in [0.29, 0.717) is 37.1 Å². The maximum atomic E-state index is 11.6. The lowest BCUT2D eigenvalue weighted by molar-refractivity contribution is 0.0963. The van der Waals surface area contributed by atoms with E-state index in [1.165, 1.54) is 25.7 Å². The van der Waals surface area contributed by atoms with Gasteiger partial charge in [0.15, 0.2) is 5.96 Å². The second-order valence-electron chi connectivity index (χ2n) is 6.82. The summed E-state index contributed by atoms with van der Waals surface area (Å²) in [7, 11) is 0. The topological polar surface area (TPSA) is 80.0 Å². The Bertz CT molecular complexity index is 397. The second-order valence-corrected chi connectivity index (χ2v) is 6.82. The Hall–Kier alpha value is -1.46. The van der Waals surface area contributed by atoms with E-state index < -0.39 is 0 Å². The molecule has 0 aromatic rings. The largest absolute Gasteiger partial charge is 0.450 e. The van der Waals surface area contributed by atoms with Gasteiger partial charge in [-0.25, -0.2) is 4.79 Å². The molecule has 0 bridgehead atoms. The van der Waals surface area contributed by atoms with Crippen molar-refractivity contribution in [3.05, 3.63) is 0 Å². The van der Waals surface area contributed by atoms with Gasteiger partial charge in [-0.15, -0.1) is 0 Å². The monoisotopic (exact) mass is 310 g/mol. The summed E-state index contributed by atoms with van der Waals surface area (Å²) in [5.74, 6) is 0.544. The summed E-state index contributed by atoms with van der Waals surface area (Å²) in [6, 6.07) is 0.297. The fraction of sp³-hybridized carbons (Fsp3) is 0.875. The van der Waals surface area contributed by atoms with Crippen molar-refractivity contribution in [1.82, 2.24) is 10.2 Å². The molecular weight excluding hydrogens is 280 g/mol. The minimum Gasteiger partial charge on any atom is -0.450 e. The molecule has 6 heteroatoms. The predicted molar refractivity (Wildman–Crippen MR) is 87.8 cm³/mol. The maximum Gasteiger partial charge on any atom is 0.409 e. The van der Waals surface area contributed by atoms with E-state index in [4.69, 9.17) is 10.5 Å². The van der Waals surface area contributed by atoms with Crippen molar-refractivity contribution in [3.63, 3.8) is 0 Å². The summed E-state index contributed by atoms with van der Waals surface area (Å²) in [4.78, 5) is 17.9. The molecule has 0 aromatic carbocycles. The molecule has 1 aliphatic heterocycles. The minimum absolute atomic E-state index is 0.211. The molecular formula is C16H30N4O2. The van der Waals surface area contributed by atoms with Gasteiger partial charge in [0.25, 0.3) is 0 Å². The van der Waals surface area contributed by atoms with E-state index in [0.717, 1.165) is 19.4 Å². The number of hydrogen-bond acceptors (Lipinski definition) is 3. The van der Waals surface area contributed by atoms with E-state index in [1.54, 1.807) is 4.90 Å². The van der Waals surface area contributed by atoms with Crippen LogP contribution < -0.4 is 11.1 Å². The average Bonchev–Trinajstić information content (AvgIpc) is 2.94. The van der Waals surface area contributed by atoms with Gasteiger partial charge in [0.1, 0.15) is 0 Å². The summed E-state index contributed by atoms with van der Waals surface area (Å²) in [6.45, 7) is 6.79. The summed E-state index contributed by atoms with van der Waals surface area (Å²) >= 11 is 0. The number of likely N-dealkylation sites (tertiary alicyclic amines) is 1. The quantitative estimate of drug-likeness (QED) is 0.615.